The Morgan fingerprint density at radius 1 is 1.22 bits per heavy atom. The third-order valence-corrected chi connectivity index (χ3v) is 4.46. The zero-order valence-corrected chi connectivity index (χ0v) is 12.8. The third-order valence-electron chi connectivity index (χ3n) is 4.46. The minimum Gasteiger partial charge on any atom is -0.486 e. The van der Waals surface area contributed by atoms with Crippen molar-refractivity contribution in [2.24, 2.45) is 0 Å². The van der Waals surface area contributed by atoms with Crippen LogP contribution in [0.3, 0.4) is 0 Å². The number of ether oxygens (including phenoxy) is 2. The van der Waals surface area contributed by atoms with E-state index in [4.69, 9.17) is 14.6 Å². The molecule has 1 saturated heterocycles. The topological polar surface area (TPSA) is 99.5 Å². The summed E-state index contributed by atoms with van der Waals surface area (Å²) in [4.78, 5) is 13.0. The summed E-state index contributed by atoms with van der Waals surface area (Å²) in [5, 5.41) is 29.3. The number of piperidine rings is 1. The van der Waals surface area contributed by atoms with Gasteiger partial charge in [-0.25, -0.2) is 4.79 Å². The minimum atomic E-state index is -1.64. The molecule has 0 amide bonds. The summed E-state index contributed by atoms with van der Waals surface area (Å²) in [5.74, 6) is 0.132. The molecule has 0 bridgehead atoms. The normalized spacial score (nSPS) is 21.7. The van der Waals surface area contributed by atoms with Crippen molar-refractivity contribution in [3.8, 4) is 11.5 Å². The second-order valence-electron chi connectivity index (χ2n) is 6.06. The van der Waals surface area contributed by atoms with E-state index in [-0.39, 0.29) is 12.8 Å². The van der Waals surface area contributed by atoms with Crippen LogP contribution >= 0.6 is 0 Å². The Labute approximate surface area is 134 Å². The molecule has 1 unspecified atom stereocenters. The maximum Gasteiger partial charge on any atom is 0.335 e. The molecule has 1 fully saturated rings. The Morgan fingerprint density at radius 3 is 2.52 bits per heavy atom. The second-order valence-corrected chi connectivity index (χ2v) is 6.06. The van der Waals surface area contributed by atoms with Crippen molar-refractivity contribution >= 4 is 5.97 Å². The van der Waals surface area contributed by atoms with Crippen LogP contribution in [-0.4, -0.2) is 64.6 Å². The third kappa shape index (κ3) is 3.41. The van der Waals surface area contributed by atoms with E-state index in [9.17, 15) is 15.0 Å². The number of fused-ring (bicyclic) bond motifs is 1. The summed E-state index contributed by atoms with van der Waals surface area (Å²) in [6, 6.07) is 5.36. The van der Waals surface area contributed by atoms with Gasteiger partial charge in [0.2, 0.25) is 0 Å². The van der Waals surface area contributed by atoms with Crippen LogP contribution in [-0.2, 0) is 4.79 Å². The van der Waals surface area contributed by atoms with Gasteiger partial charge >= 0.3 is 5.97 Å². The number of carboxylic acid groups (broad SMARTS) is 1. The molecule has 2 aliphatic heterocycles. The molecule has 2 heterocycles. The molecule has 3 rings (SSSR count). The molecule has 0 aliphatic carbocycles. The Kier molecular flexibility index (Phi) is 4.43. The monoisotopic (exact) mass is 323 g/mol. The van der Waals surface area contributed by atoms with Crippen LogP contribution in [0.2, 0.25) is 0 Å². The lowest BCUT2D eigenvalue weighted by molar-refractivity contribution is -0.163. The zero-order chi connectivity index (χ0) is 16.4. The molecule has 23 heavy (non-hydrogen) atoms. The highest BCUT2D eigenvalue weighted by Crippen LogP contribution is 2.33. The molecule has 0 radical (unpaired) electrons. The van der Waals surface area contributed by atoms with E-state index >= 15 is 0 Å². The van der Waals surface area contributed by atoms with Gasteiger partial charge in [0.05, 0.1) is 6.10 Å². The number of benzene rings is 1. The van der Waals surface area contributed by atoms with Crippen LogP contribution < -0.4 is 9.47 Å². The molecule has 7 nitrogen and oxygen atoms in total. The van der Waals surface area contributed by atoms with Gasteiger partial charge < -0.3 is 29.7 Å². The van der Waals surface area contributed by atoms with E-state index in [0.29, 0.717) is 44.3 Å². The lowest BCUT2D eigenvalue weighted by Gasteiger charge is -2.36. The standard InChI is InChI=1S/C16H21NO6/c18-12(10-17-5-3-16(21,4-6-17)15(19)20)11-1-2-13-14(9-11)23-8-7-22-13/h1-2,9,12,18,21H,3-8,10H2,(H,19,20). The zero-order valence-electron chi connectivity index (χ0n) is 12.8. The first-order valence-electron chi connectivity index (χ1n) is 7.74. The number of nitrogens with zero attached hydrogens (tertiary/aromatic N) is 1. The maximum absolute atomic E-state index is 11.0. The van der Waals surface area contributed by atoms with Gasteiger partial charge in [-0.1, -0.05) is 6.07 Å². The van der Waals surface area contributed by atoms with Crippen LogP contribution in [0.15, 0.2) is 18.2 Å². The molecular weight excluding hydrogens is 302 g/mol. The van der Waals surface area contributed by atoms with E-state index in [0.717, 1.165) is 5.56 Å². The SMILES string of the molecule is O=C(O)C1(O)CCN(CC(O)c2ccc3c(c2)OCCO3)CC1. The smallest absolute Gasteiger partial charge is 0.335 e. The maximum atomic E-state index is 11.0. The predicted octanol–water partition coefficient (Wildman–Crippen LogP) is 0.403. The van der Waals surface area contributed by atoms with E-state index in [1.807, 2.05) is 4.90 Å². The Hall–Kier alpha value is -1.83. The Bertz CT molecular complexity index is 582. The van der Waals surface area contributed by atoms with Crippen LogP contribution in [0.5, 0.6) is 11.5 Å². The van der Waals surface area contributed by atoms with E-state index in [1.165, 1.54) is 0 Å². The first-order chi connectivity index (χ1) is 11.0. The van der Waals surface area contributed by atoms with E-state index in [2.05, 4.69) is 0 Å². The predicted molar refractivity (Wildman–Crippen MR) is 80.7 cm³/mol. The van der Waals surface area contributed by atoms with Crippen molar-refractivity contribution < 1.29 is 29.6 Å². The van der Waals surface area contributed by atoms with Crippen molar-refractivity contribution in [1.29, 1.82) is 0 Å². The first-order valence-corrected chi connectivity index (χ1v) is 7.74. The fourth-order valence-electron chi connectivity index (χ4n) is 2.94. The highest BCUT2D eigenvalue weighted by molar-refractivity contribution is 5.77. The lowest BCUT2D eigenvalue weighted by Crippen LogP contribution is -2.50. The van der Waals surface area contributed by atoms with Gasteiger partial charge in [-0.3, -0.25) is 0 Å². The van der Waals surface area contributed by atoms with Crippen molar-refractivity contribution in [3.63, 3.8) is 0 Å². The number of likely N-dealkylation sites (tertiary alicyclic amines) is 1. The van der Waals surface area contributed by atoms with Crippen molar-refractivity contribution in [2.45, 2.75) is 24.5 Å². The molecule has 126 valence electrons. The van der Waals surface area contributed by atoms with Crippen LogP contribution in [0.4, 0.5) is 0 Å². The number of hydrogen-bond acceptors (Lipinski definition) is 6. The number of aliphatic carboxylic acids is 1. The second kappa shape index (κ2) is 6.35. The van der Waals surface area contributed by atoms with Gasteiger partial charge in [0.15, 0.2) is 17.1 Å². The summed E-state index contributed by atoms with van der Waals surface area (Å²) in [5.41, 5.74) is -0.910. The average Bonchev–Trinajstić information content (AvgIpc) is 2.56. The molecular formula is C16H21NO6. The quantitative estimate of drug-likeness (QED) is 0.737. The van der Waals surface area contributed by atoms with Gasteiger partial charge in [0, 0.05) is 19.6 Å². The summed E-state index contributed by atoms with van der Waals surface area (Å²) >= 11 is 0. The van der Waals surface area contributed by atoms with Gasteiger partial charge in [-0.05, 0) is 30.5 Å². The highest BCUT2D eigenvalue weighted by atomic mass is 16.6. The van der Waals surface area contributed by atoms with E-state index in [1.54, 1.807) is 18.2 Å². The molecule has 1 aromatic rings. The summed E-state index contributed by atoms with van der Waals surface area (Å²) in [7, 11) is 0. The fourth-order valence-corrected chi connectivity index (χ4v) is 2.94. The Morgan fingerprint density at radius 2 is 1.87 bits per heavy atom. The van der Waals surface area contributed by atoms with Crippen molar-refractivity contribution in [1.82, 2.24) is 4.90 Å². The Balaban J connectivity index is 1.60. The number of β-amino-alcohol motifs (C(OH)–C–C–N with tert-alkyl or cyclic N) is 1. The van der Waals surface area contributed by atoms with E-state index < -0.39 is 17.7 Å². The lowest BCUT2D eigenvalue weighted by atomic mass is 9.91. The number of hydrogen-bond donors (Lipinski definition) is 3. The van der Waals surface area contributed by atoms with Crippen LogP contribution in [0, 0.1) is 0 Å². The summed E-state index contributed by atoms with van der Waals surface area (Å²) < 4.78 is 11.0. The van der Waals surface area contributed by atoms with Gasteiger partial charge in [0.25, 0.3) is 0 Å². The first kappa shape index (κ1) is 16.0. The number of aliphatic hydroxyl groups excluding tert-OH is 1. The molecule has 3 N–H and O–H groups in total. The molecule has 0 spiro atoms. The summed E-state index contributed by atoms with van der Waals surface area (Å²) in [6.07, 6.45) is -0.381. The van der Waals surface area contributed by atoms with Gasteiger partial charge in [0.1, 0.15) is 13.2 Å². The van der Waals surface area contributed by atoms with Crippen LogP contribution in [0.1, 0.15) is 24.5 Å². The number of rotatable bonds is 4. The molecule has 0 saturated carbocycles. The molecule has 0 aromatic heterocycles. The molecule has 1 aromatic carbocycles. The molecule has 2 aliphatic rings. The van der Waals surface area contributed by atoms with Crippen molar-refractivity contribution in [2.75, 3.05) is 32.8 Å². The fraction of sp³-hybridized carbons (Fsp3) is 0.562. The minimum absolute atomic E-state index is 0.163. The van der Waals surface area contributed by atoms with Gasteiger partial charge in [-0.2, -0.15) is 0 Å². The summed E-state index contributed by atoms with van der Waals surface area (Å²) in [6.45, 7) is 2.27. The number of carboxylic acids is 1. The van der Waals surface area contributed by atoms with Crippen LogP contribution in [0.25, 0.3) is 0 Å². The molecule has 1 atom stereocenters. The van der Waals surface area contributed by atoms with Crippen molar-refractivity contribution in [3.05, 3.63) is 23.8 Å². The largest absolute Gasteiger partial charge is 0.486 e. The van der Waals surface area contributed by atoms with Gasteiger partial charge in [-0.15, -0.1) is 0 Å². The highest BCUT2D eigenvalue weighted by Gasteiger charge is 2.39. The molecule has 7 heteroatoms. The number of aliphatic hydroxyl groups is 2. The average molecular weight is 323 g/mol. The number of carbonyl (C=O) groups is 1.